The van der Waals surface area contributed by atoms with Crippen LogP contribution in [0.3, 0.4) is 0 Å². The number of allylic oxidation sites excluding steroid dienone is 1. The first kappa shape index (κ1) is 36.7. The molecule has 0 bridgehead atoms. The monoisotopic (exact) mass is 429 g/mol. The van der Waals surface area contributed by atoms with E-state index in [-0.39, 0.29) is 7.43 Å². The molecule has 2 unspecified atom stereocenters. The molecule has 0 aromatic carbocycles. The summed E-state index contributed by atoms with van der Waals surface area (Å²) in [6.07, 6.45) is 19.9. The number of ether oxygens (including phenoxy) is 1. The molecule has 0 aromatic heterocycles. The quantitative estimate of drug-likeness (QED) is 0.166. The van der Waals surface area contributed by atoms with Crippen molar-refractivity contribution >= 4 is 0 Å². The number of hydrogen-bond acceptors (Lipinski definition) is 3. The third-order valence-corrected chi connectivity index (χ3v) is 4.71. The minimum atomic E-state index is 0. The van der Waals surface area contributed by atoms with Gasteiger partial charge in [0.25, 0.3) is 0 Å². The van der Waals surface area contributed by atoms with Crippen molar-refractivity contribution in [2.75, 3.05) is 13.2 Å². The highest BCUT2D eigenvalue weighted by Crippen LogP contribution is 2.26. The van der Waals surface area contributed by atoms with Gasteiger partial charge in [-0.15, -0.1) is 6.58 Å². The number of unbranched alkanes of at least 4 members (excludes halogenated alkanes) is 7. The zero-order valence-corrected chi connectivity index (χ0v) is 21.0. The van der Waals surface area contributed by atoms with Crippen molar-refractivity contribution < 1.29 is 4.74 Å². The van der Waals surface area contributed by atoms with E-state index in [2.05, 4.69) is 39.5 Å². The predicted octanol–water partition coefficient (Wildman–Crippen LogP) is 10.1. The van der Waals surface area contributed by atoms with Crippen molar-refractivity contribution in [2.24, 2.45) is 11.1 Å². The van der Waals surface area contributed by atoms with E-state index in [1.807, 2.05) is 19.9 Å². The minimum Gasteiger partial charge on any atom is -0.378 e. The Morgan fingerprint density at radius 2 is 1.43 bits per heavy atom. The van der Waals surface area contributed by atoms with Gasteiger partial charge in [0.05, 0.1) is 12.6 Å². The van der Waals surface area contributed by atoms with Gasteiger partial charge in [0.15, 0.2) is 0 Å². The van der Waals surface area contributed by atoms with Crippen molar-refractivity contribution in [3.8, 4) is 0 Å². The lowest BCUT2D eigenvalue weighted by Gasteiger charge is -2.27. The molecule has 2 atom stereocenters. The van der Waals surface area contributed by atoms with Gasteiger partial charge in [0.1, 0.15) is 0 Å². The summed E-state index contributed by atoms with van der Waals surface area (Å²) in [6.45, 7) is 17.4. The van der Waals surface area contributed by atoms with E-state index >= 15 is 0 Å². The SMILES string of the molecule is C.C=CCC.CC.CCC.CCCCCCCCCCOC1CCCC(CN=O)C1. The molecule has 1 saturated carbocycles. The molecule has 184 valence electrons. The van der Waals surface area contributed by atoms with Gasteiger partial charge in [-0.1, -0.05) is 118 Å². The maximum Gasteiger partial charge on any atom is 0.0840 e. The van der Waals surface area contributed by atoms with Crippen LogP contribution in [0.2, 0.25) is 0 Å². The van der Waals surface area contributed by atoms with Crippen LogP contribution >= 0.6 is 0 Å². The summed E-state index contributed by atoms with van der Waals surface area (Å²) in [4.78, 5) is 10.3. The van der Waals surface area contributed by atoms with Crippen molar-refractivity contribution in [2.45, 2.75) is 145 Å². The highest BCUT2D eigenvalue weighted by atomic mass is 16.5. The number of rotatable bonds is 13. The summed E-state index contributed by atoms with van der Waals surface area (Å²) in [6, 6.07) is 0. The van der Waals surface area contributed by atoms with E-state index in [1.165, 1.54) is 70.6 Å². The minimum absolute atomic E-state index is 0. The van der Waals surface area contributed by atoms with Gasteiger partial charge in [-0.3, -0.25) is 0 Å². The average Bonchev–Trinajstić information content (AvgIpc) is 2.75. The molecule has 3 heteroatoms. The van der Waals surface area contributed by atoms with Crippen LogP contribution in [0.1, 0.15) is 139 Å². The zero-order chi connectivity index (χ0) is 22.6. The Balaban J connectivity index is -0.000000289. The van der Waals surface area contributed by atoms with Gasteiger partial charge in [0.2, 0.25) is 0 Å². The van der Waals surface area contributed by atoms with Gasteiger partial charge >= 0.3 is 0 Å². The van der Waals surface area contributed by atoms with E-state index in [4.69, 9.17) is 4.74 Å². The fraction of sp³-hybridized carbons (Fsp3) is 0.926. The van der Waals surface area contributed by atoms with Crippen LogP contribution in [0.5, 0.6) is 0 Å². The van der Waals surface area contributed by atoms with Crippen LogP contribution < -0.4 is 0 Å². The molecular formula is C27H59NO2. The second-order valence-corrected chi connectivity index (χ2v) is 7.72. The molecule has 1 fully saturated rings. The van der Waals surface area contributed by atoms with Gasteiger partial charge < -0.3 is 4.74 Å². The third kappa shape index (κ3) is 32.0. The molecule has 1 rings (SSSR count). The molecule has 0 saturated heterocycles. The molecule has 0 heterocycles. The highest BCUT2D eigenvalue weighted by Gasteiger charge is 2.22. The molecule has 0 aromatic rings. The Labute approximate surface area is 191 Å². The summed E-state index contributed by atoms with van der Waals surface area (Å²) in [5.74, 6) is 0.477. The molecule has 0 N–H and O–H groups in total. The second-order valence-electron chi connectivity index (χ2n) is 7.72. The number of nitroso groups, excluding NO2 is 1. The Morgan fingerprint density at radius 1 is 0.933 bits per heavy atom. The van der Waals surface area contributed by atoms with Crippen molar-refractivity contribution in [3.63, 3.8) is 0 Å². The second kappa shape index (κ2) is 35.7. The molecular weight excluding hydrogens is 370 g/mol. The molecule has 0 amide bonds. The fourth-order valence-electron chi connectivity index (χ4n) is 3.15. The normalized spacial score (nSPS) is 16.9. The van der Waals surface area contributed by atoms with Crippen LogP contribution in [0.4, 0.5) is 0 Å². The first-order valence-electron chi connectivity index (χ1n) is 12.7. The van der Waals surface area contributed by atoms with E-state index in [0.29, 0.717) is 18.6 Å². The summed E-state index contributed by atoms with van der Waals surface area (Å²) in [5, 5.41) is 3.04. The topological polar surface area (TPSA) is 38.7 Å². The number of hydrogen-bond donors (Lipinski definition) is 0. The lowest BCUT2D eigenvalue weighted by molar-refractivity contribution is 0.0124. The van der Waals surface area contributed by atoms with E-state index in [9.17, 15) is 4.91 Å². The van der Waals surface area contributed by atoms with Gasteiger partial charge in [-0.25, -0.2) is 0 Å². The van der Waals surface area contributed by atoms with Crippen LogP contribution in [0.25, 0.3) is 0 Å². The summed E-state index contributed by atoms with van der Waals surface area (Å²) < 4.78 is 5.96. The van der Waals surface area contributed by atoms with Gasteiger partial charge in [-0.05, 0) is 38.0 Å². The van der Waals surface area contributed by atoms with E-state index in [1.54, 1.807) is 0 Å². The smallest absolute Gasteiger partial charge is 0.0840 e. The van der Waals surface area contributed by atoms with Crippen molar-refractivity contribution in [3.05, 3.63) is 17.6 Å². The molecule has 30 heavy (non-hydrogen) atoms. The van der Waals surface area contributed by atoms with Crippen LogP contribution in [0.15, 0.2) is 17.8 Å². The van der Waals surface area contributed by atoms with Crippen molar-refractivity contribution in [1.82, 2.24) is 0 Å². The molecule has 0 radical (unpaired) electrons. The Morgan fingerprint density at radius 3 is 1.90 bits per heavy atom. The summed E-state index contributed by atoms with van der Waals surface area (Å²) in [5.41, 5.74) is 0. The van der Waals surface area contributed by atoms with Crippen LogP contribution in [0, 0.1) is 10.8 Å². The maximum absolute atomic E-state index is 10.3. The third-order valence-electron chi connectivity index (χ3n) is 4.71. The highest BCUT2D eigenvalue weighted by molar-refractivity contribution is 4.74. The lowest BCUT2D eigenvalue weighted by Crippen LogP contribution is -2.24. The molecule has 3 nitrogen and oxygen atoms in total. The standard InChI is InChI=1S/C17H33NO2.C4H8.C3H8.C2H6.CH4/c1-2-3-4-5-6-7-8-9-13-20-17-12-10-11-16(14-17)15-18-19;1-3-4-2;1-3-2;1-2;/h16-17H,2-15H2,1H3;3H,1,4H2,2H3;3H2,1-2H3;1-2H3;1H4. The van der Waals surface area contributed by atoms with E-state index < -0.39 is 0 Å². The molecule has 1 aliphatic carbocycles. The Hall–Kier alpha value is -0.700. The molecule has 1 aliphatic rings. The fourth-order valence-corrected chi connectivity index (χ4v) is 3.15. The lowest BCUT2D eigenvalue weighted by atomic mass is 9.87. The zero-order valence-electron chi connectivity index (χ0n) is 21.0. The summed E-state index contributed by atoms with van der Waals surface area (Å²) >= 11 is 0. The van der Waals surface area contributed by atoms with E-state index in [0.717, 1.165) is 25.9 Å². The average molecular weight is 430 g/mol. The van der Waals surface area contributed by atoms with Gasteiger partial charge in [-0.2, -0.15) is 4.91 Å². The first-order chi connectivity index (χ1) is 14.2. The Kier molecular flexibility index (Phi) is 43.6. The molecule has 0 aliphatic heterocycles. The van der Waals surface area contributed by atoms with Gasteiger partial charge in [0, 0.05) is 6.61 Å². The Bertz CT molecular complexity index is 295. The van der Waals surface area contributed by atoms with Crippen LogP contribution in [-0.2, 0) is 4.74 Å². The maximum atomic E-state index is 10.3. The number of nitrogens with zero attached hydrogens (tertiary/aromatic N) is 1. The molecule has 0 spiro atoms. The largest absolute Gasteiger partial charge is 0.378 e. The van der Waals surface area contributed by atoms with Crippen molar-refractivity contribution in [1.29, 1.82) is 0 Å². The first-order valence-corrected chi connectivity index (χ1v) is 12.7. The predicted molar refractivity (Wildman–Crippen MR) is 140 cm³/mol. The van der Waals surface area contributed by atoms with Crippen LogP contribution in [-0.4, -0.2) is 19.3 Å². The summed E-state index contributed by atoms with van der Waals surface area (Å²) in [7, 11) is 0.